The Hall–Kier alpha value is -8.72. The maximum atomic E-state index is 12.9. The van der Waals surface area contributed by atoms with E-state index in [2.05, 4.69) is 67.6 Å². The maximum absolute atomic E-state index is 12.9. The molecule has 21 nitrogen and oxygen atoms in total. The molecule has 9 aromatic rings. The molecule has 2 amide bonds. The van der Waals surface area contributed by atoms with Crippen molar-refractivity contribution in [3.05, 3.63) is 224 Å². The van der Waals surface area contributed by atoms with Crippen molar-refractivity contribution in [2.45, 2.75) is 83.2 Å². The van der Waals surface area contributed by atoms with Gasteiger partial charge in [-0.15, -0.1) is 0 Å². The van der Waals surface area contributed by atoms with E-state index in [0.717, 1.165) is 55.5 Å². The van der Waals surface area contributed by atoms with Gasteiger partial charge in [0.15, 0.2) is 0 Å². The van der Waals surface area contributed by atoms with Crippen LogP contribution in [0.1, 0.15) is 124 Å². The minimum Gasteiger partial charge on any atom is -0.497 e. The molecule has 1 aliphatic rings. The molecule has 10 N–H and O–H groups in total. The number of hydrogen-bond acceptors (Lipinski definition) is 17. The van der Waals surface area contributed by atoms with E-state index in [1.165, 1.54) is 24.5 Å². The third kappa shape index (κ3) is 21.7. The molecule has 1 aliphatic heterocycles. The van der Waals surface area contributed by atoms with Gasteiger partial charge in [-0.2, -0.15) is 5.10 Å². The topological polar surface area (TPSA) is 320 Å². The van der Waals surface area contributed by atoms with Crippen LogP contribution in [0, 0.1) is 12.3 Å². The first-order chi connectivity index (χ1) is 44.5. The number of carbonyl (C=O) groups excluding carboxylic acids is 2. The van der Waals surface area contributed by atoms with Gasteiger partial charge in [0.2, 0.25) is 0 Å². The SMILES string of the molecule is COc1cccc(C(CCO)NC(=O)c2ccnc(-c3ccc4[nH]ncc4c3)c2)c1.COc1cccc(C(CCO)NC(=O)c2ccnc(Br)c2)c1.COc1cccc(C(N)CCO)c1.Cc1ccc(B2OC(C)(C)C(C)(C)O2)cc1C=N.O=C(O)c1ccnc(Br)c1. The van der Waals surface area contributed by atoms with E-state index in [1.54, 1.807) is 64.2 Å². The molecule has 93 heavy (non-hydrogen) atoms. The number of H-pyrrole nitrogens is 1. The zero-order valence-electron chi connectivity index (χ0n) is 53.0. The van der Waals surface area contributed by atoms with E-state index >= 15 is 0 Å². The Morgan fingerprint density at radius 2 is 1.12 bits per heavy atom. The van der Waals surface area contributed by atoms with E-state index in [4.69, 9.17) is 44.9 Å². The summed E-state index contributed by atoms with van der Waals surface area (Å²) in [7, 11) is 4.46. The Morgan fingerprint density at radius 3 is 1.60 bits per heavy atom. The normalized spacial score (nSPS) is 13.5. The fourth-order valence-corrected chi connectivity index (χ4v) is 9.86. The van der Waals surface area contributed by atoms with Crippen LogP contribution in [-0.4, -0.2) is 129 Å². The monoisotopic (exact) mass is 1390 g/mol. The highest BCUT2D eigenvalue weighted by Gasteiger charge is 2.51. The number of halogens is 2. The zero-order chi connectivity index (χ0) is 67.7. The molecule has 5 heterocycles. The van der Waals surface area contributed by atoms with Crippen LogP contribution in [0.5, 0.6) is 17.2 Å². The molecule has 488 valence electrons. The van der Waals surface area contributed by atoms with Crippen LogP contribution in [0.4, 0.5) is 0 Å². The number of benzene rings is 5. The molecule has 3 atom stereocenters. The number of pyridine rings is 3. The summed E-state index contributed by atoms with van der Waals surface area (Å²) in [6, 6.07) is 43.2. The van der Waals surface area contributed by atoms with Gasteiger partial charge in [0.05, 0.1) is 67.6 Å². The molecule has 0 radical (unpaired) electrons. The lowest BCUT2D eigenvalue weighted by Crippen LogP contribution is -2.41. The summed E-state index contributed by atoms with van der Waals surface area (Å²) in [4.78, 5) is 47.8. The van der Waals surface area contributed by atoms with Crippen molar-refractivity contribution < 1.29 is 58.3 Å². The Bertz CT molecular complexity index is 3900. The van der Waals surface area contributed by atoms with Crippen LogP contribution in [0.3, 0.4) is 0 Å². The Labute approximate surface area is 558 Å². The van der Waals surface area contributed by atoms with E-state index in [9.17, 15) is 24.6 Å². The molecule has 3 unspecified atom stereocenters. The van der Waals surface area contributed by atoms with Crippen LogP contribution >= 0.6 is 31.9 Å². The molecule has 4 aromatic heterocycles. The molecule has 0 bridgehead atoms. The minimum atomic E-state index is -0.942. The second-order valence-corrected chi connectivity index (χ2v) is 23.6. The predicted molar refractivity (Wildman–Crippen MR) is 366 cm³/mol. The standard InChI is InChI=1S/C23H22N4O3.C16H17BrN2O3.C14H20BNO2.C10H15NO2.C6H4BrNO2/c1-30-19-4-2-3-15(12-19)20(8-10-28)26-23(29)17-7-9-24-22(13-17)16-5-6-21-18(11-16)14-25-27-21;1-22-13-4-2-3-11(9-13)14(6-8-20)19-16(21)12-5-7-18-15(17)10-12;1-10-6-7-12(8-11(10)9-16)15-17-13(2,3)14(4,5)18-15;1-13-9-4-2-3-8(7-9)10(11)5-6-12;7-5-3-4(6(9)10)1-2-8-5/h2-7,9,11-14,20,28H,8,10H2,1H3,(H,25,27)(H,26,29);2-5,7,9-10,14,20H,6,8H2,1H3,(H,19,21);6-9,16H,1-5H3;2-4,7,10,12H,5-6,11H2,1H3;1-3H,(H,9,10). The first-order valence-electron chi connectivity index (χ1n) is 29.5. The summed E-state index contributed by atoms with van der Waals surface area (Å²) in [5, 5.41) is 57.2. The number of nitrogens with one attached hydrogen (secondary N) is 4. The summed E-state index contributed by atoms with van der Waals surface area (Å²) in [6.45, 7) is 10.2. The number of rotatable bonds is 20. The lowest BCUT2D eigenvalue weighted by atomic mass is 9.78. The molecular formula is C69H78BBr2N9O12. The number of carboxylic acids is 1. The summed E-state index contributed by atoms with van der Waals surface area (Å²) in [5.41, 5.74) is 14.7. The van der Waals surface area contributed by atoms with Gasteiger partial charge in [0.25, 0.3) is 11.8 Å². The number of aliphatic hydroxyl groups is 3. The number of carboxylic acid groups (broad SMARTS) is 1. The van der Waals surface area contributed by atoms with Gasteiger partial charge in [-0.05, 0) is 204 Å². The Kier molecular flexibility index (Phi) is 28.3. The number of aryl methyl sites for hydroxylation is 1. The van der Waals surface area contributed by atoms with E-state index in [-0.39, 0.29) is 73.6 Å². The van der Waals surface area contributed by atoms with Crippen LogP contribution in [0.15, 0.2) is 180 Å². The van der Waals surface area contributed by atoms with E-state index < -0.39 is 5.97 Å². The number of nitrogens with two attached hydrogens (primary N) is 1. The summed E-state index contributed by atoms with van der Waals surface area (Å²) < 4.78 is 28.7. The van der Waals surface area contributed by atoms with Gasteiger partial charge in [-0.25, -0.2) is 14.8 Å². The van der Waals surface area contributed by atoms with E-state index in [0.29, 0.717) is 56.8 Å². The van der Waals surface area contributed by atoms with Gasteiger partial charge < -0.3 is 65.7 Å². The quantitative estimate of drug-likeness (QED) is 0.0194. The molecule has 24 heteroatoms. The number of aromatic nitrogens is 5. The van der Waals surface area contributed by atoms with Crippen LogP contribution in [0.25, 0.3) is 22.2 Å². The summed E-state index contributed by atoms with van der Waals surface area (Å²) >= 11 is 6.30. The number of nitrogens with zero attached hydrogens (tertiary/aromatic N) is 4. The molecule has 10 rings (SSSR count). The molecule has 0 saturated carbocycles. The Morgan fingerprint density at radius 1 is 0.634 bits per heavy atom. The van der Waals surface area contributed by atoms with Crippen molar-refractivity contribution in [2.24, 2.45) is 5.73 Å². The van der Waals surface area contributed by atoms with Crippen LogP contribution in [0.2, 0.25) is 0 Å². The zero-order valence-corrected chi connectivity index (χ0v) is 56.1. The number of carbonyl (C=O) groups is 3. The average molecular weight is 1400 g/mol. The number of ether oxygens (including phenoxy) is 3. The molecule has 0 aliphatic carbocycles. The molecular weight excluding hydrogens is 1320 g/mol. The fraction of sp³-hybridized carbons (Fsp3) is 0.275. The number of aromatic amines is 1. The number of amides is 2. The largest absolute Gasteiger partial charge is 0.497 e. The highest BCUT2D eigenvalue weighted by Crippen LogP contribution is 2.37. The Balaban J connectivity index is 0.000000194. The van der Waals surface area contributed by atoms with Gasteiger partial charge in [-0.1, -0.05) is 60.7 Å². The van der Waals surface area contributed by atoms with Crippen molar-refractivity contribution in [3.8, 4) is 28.5 Å². The van der Waals surface area contributed by atoms with Gasteiger partial charge in [-0.3, -0.25) is 19.7 Å². The highest BCUT2D eigenvalue weighted by atomic mass is 79.9. The van der Waals surface area contributed by atoms with Crippen molar-refractivity contribution in [1.82, 2.24) is 35.8 Å². The second-order valence-electron chi connectivity index (χ2n) is 22.0. The number of aliphatic hydroxyl groups excluding tert-OH is 3. The number of aromatic carboxylic acids is 1. The molecule has 1 fully saturated rings. The lowest BCUT2D eigenvalue weighted by molar-refractivity contribution is 0.00578. The van der Waals surface area contributed by atoms with Crippen LogP contribution < -0.4 is 36.0 Å². The number of methoxy groups -OCH3 is 3. The molecule has 1 saturated heterocycles. The summed E-state index contributed by atoms with van der Waals surface area (Å²) in [6.07, 6.45) is 9.13. The smallest absolute Gasteiger partial charge is 0.494 e. The van der Waals surface area contributed by atoms with Crippen molar-refractivity contribution >= 4 is 79.3 Å². The maximum Gasteiger partial charge on any atom is 0.494 e. The summed E-state index contributed by atoms with van der Waals surface area (Å²) in [5.74, 6) is 0.814. The van der Waals surface area contributed by atoms with Crippen molar-refractivity contribution in [2.75, 3.05) is 41.2 Å². The second kappa shape index (κ2) is 35.9. The van der Waals surface area contributed by atoms with E-state index in [1.807, 2.05) is 144 Å². The average Bonchev–Trinajstić information content (AvgIpc) is 1.71. The van der Waals surface area contributed by atoms with Gasteiger partial charge in [0.1, 0.15) is 26.5 Å². The van der Waals surface area contributed by atoms with Gasteiger partial charge in [0, 0.05) is 72.7 Å². The van der Waals surface area contributed by atoms with Gasteiger partial charge >= 0.3 is 13.1 Å². The predicted octanol–water partition coefficient (Wildman–Crippen LogP) is 11.1. The first-order valence-corrected chi connectivity index (χ1v) is 31.1. The third-order valence-electron chi connectivity index (χ3n) is 15.1. The molecule has 0 spiro atoms. The minimum absolute atomic E-state index is 0.0256. The third-order valence-corrected chi connectivity index (χ3v) is 16.0. The number of hydrogen-bond donors (Lipinski definition) is 9. The highest BCUT2D eigenvalue weighted by molar-refractivity contribution is 9.10. The first kappa shape index (κ1) is 73.3. The number of fused-ring (bicyclic) bond motifs is 1. The van der Waals surface area contributed by atoms with Crippen molar-refractivity contribution in [3.63, 3.8) is 0 Å². The van der Waals surface area contributed by atoms with Crippen LogP contribution in [-0.2, 0) is 9.31 Å². The molecule has 5 aromatic carbocycles. The fourth-order valence-electron chi connectivity index (χ4n) is 9.13. The van der Waals surface area contributed by atoms with Crippen molar-refractivity contribution in [1.29, 1.82) is 5.41 Å². The lowest BCUT2D eigenvalue weighted by Gasteiger charge is -2.32.